The third kappa shape index (κ3) is 5.37. The first-order valence-corrected chi connectivity index (χ1v) is 6.14. The first-order chi connectivity index (χ1) is 8.83. The molecule has 0 aliphatic heterocycles. The standard InChI is InChI=1S/C11H11F4NO2S/c1-18-7-2-3-8(9(12)6-7)10(17)16-4-5-19-11(13,14)15/h2-3,6H,4-5H2,1H3,(H,16,17). The van der Waals surface area contributed by atoms with Crippen LogP contribution < -0.4 is 10.1 Å². The molecule has 0 fully saturated rings. The molecule has 0 saturated carbocycles. The summed E-state index contributed by atoms with van der Waals surface area (Å²) in [4.78, 5) is 11.5. The highest BCUT2D eigenvalue weighted by Crippen LogP contribution is 2.29. The summed E-state index contributed by atoms with van der Waals surface area (Å²) in [6.45, 7) is -0.200. The van der Waals surface area contributed by atoms with Gasteiger partial charge in [0, 0.05) is 18.4 Å². The fourth-order valence-corrected chi connectivity index (χ4v) is 1.67. The van der Waals surface area contributed by atoms with E-state index in [2.05, 4.69) is 5.32 Å². The maximum atomic E-state index is 13.5. The van der Waals surface area contributed by atoms with E-state index in [1.165, 1.54) is 19.2 Å². The molecular weight excluding hydrogens is 286 g/mol. The van der Waals surface area contributed by atoms with E-state index in [0.717, 1.165) is 6.07 Å². The molecule has 0 bridgehead atoms. The van der Waals surface area contributed by atoms with Crippen molar-refractivity contribution in [2.45, 2.75) is 5.51 Å². The summed E-state index contributed by atoms with van der Waals surface area (Å²) in [6, 6.07) is 3.63. The predicted molar refractivity (Wildman–Crippen MR) is 63.8 cm³/mol. The lowest BCUT2D eigenvalue weighted by Crippen LogP contribution is -2.27. The van der Waals surface area contributed by atoms with Gasteiger partial charge in [-0.25, -0.2) is 4.39 Å². The highest BCUT2D eigenvalue weighted by Gasteiger charge is 2.27. The van der Waals surface area contributed by atoms with Crippen molar-refractivity contribution >= 4 is 17.7 Å². The molecule has 1 aromatic rings. The normalized spacial score (nSPS) is 11.2. The van der Waals surface area contributed by atoms with Crippen molar-refractivity contribution in [2.75, 3.05) is 19.4 Å². The molecule has 106 valence electrons. The molecule has 0 saturated heterocycles. The first-order valence-electron chi connectivity index (χ1n) is 5.16. The molecule has 0 aromatic heterocycles. The van der Waals surface area contributed by atoms with Gasteiger partial charge in [0.2, 0.25) is 0 Å². The Hall–Kier alpha value is -1.44. The SMILES string of the molecule is COc1ccc(C(=O)NCCSC(F)(F)F)c(F)c1. The lowest BCUT2D eigenvalue weighted by atomic mass is 10.2. The van der Waals surface area contributed by atoms with Gasteiger partial charge >= 0.3 is 5.51 Å². The molecule has 19 heavy (non-hydrogen) atoms. The van der Waals surface area contributed by atoms with Crippen LogP contribution in [0, 0.1) is 5.82 Å². The van der Waals surface area contributed by atoms with Gasteiger partial charge in [0.25, 0.3) is 5.91 Å². The van der Waals surface area contributed by atoms with Gasteiger partial charge in [0.05, 0.1) is 12.7 Å². The van der Waals surface area contributed by atoms with E-state index in [9.17, 15) is 22.4 Å². The quantitative estimate of drug-likeness (QED) is 0.671. The number of carbonyl (C=O) groups excluding carboxylic acids is 1. The maximum Gasteiger partial charge on any atom is 0.441 e. The summed E-state index contributed by atoms with van der Waals surface area (Å²) >= 11 is -0.247. The Balaban J connectivity index is 2.50. The molecule has 0 radical (unpaired) electrons. The Kier molecular flexibility index (Phi) is 5.46. The second-order valence-corrected chi connectivity index (χ2v) is 4.56. The zero-order valence-corrected chi connectivity index (χ0v) is 10.7. The minimum atomic E-state index is -4.34. The Morgan fingerprint density at radius 2 is 2.11 bits per heavy atom. The molecule has 0 heterocycles. The third-order valence-electron chi connectivity index (χ3n) is 2.07. The summed E-state index contributed by atoms with van der Waals surface area (Å²) in [5, 5.41) is 2.21. The summed E-state index contributed by atoms with van der Waals surface area (Å²) < 4.78 is 53.7. The highest BCUT2D eigenvalue weighted by molar-refractivity contribution is 8.00. The van der Waals surface area contributed by atoms with Crippen LogP contribution in [0.4, 0.5) is 17.6 Å². The minimum Gasteiger partial charge on any atom is -0.497 e. The number of carbonyl (C=O) groups is 1. The van der Waals surface area contributed by atoms with Crippen LogP contribution in [0.1, 0.15) is 10.4 Å². The average molecular weight is 297 g/mol. The summed E-state index contributed by atoms with van der Waals surface area (Å²) in [5.74, 6) is -1.63. The van der Waals surface area contributed by atoms with Crippen LogP contribution in [0.3, 0.4) is 0 Å². The van der Waals surface area contributed by atoms with Crippen molar-refractivity contribution < 1.29 is 27.1 Å². The number of alkyl halides is 3. The number of amides is 1. The van der Waals surface area contributed by atoms with Crippen LogP contribution >= 0.6 is 11.8 Å². The average Bonchev–Trinajstić information content (AvgIpc) is 2.33. The zero-order valence-electron chi connectivity index (χ0n) is 9.88. The molecule has 1 amide bonds. The summed E-state index contributed by atoms with van der Waals surface area (Å²) in [6.07, 6.45) is 0. The molecule has 8 heteroatoms. The molecule has 0 aliphatic carbocycles. The van der Waals surface area contributed by atoms with Crippen molar-refractivity contribution in [1.29, 1.82) is 0 Å². The summed E-state index contributed by atoms with van der Waals surface area (Å²) in [5.41, 5.74) is -4.58. The van der Waals surface area contributed by atoms with Gasteiger partial charge in [-0.2, -0.15) is 13.2 Å². The van der Waals surface area contributed by atoms with Crippen molar-refractivity contribution in [2.24, 2.45) is 0 Å². The Morgan fingerprint density at radius 1 is 1.42 bits per heavy atom. The number of rotatable bonds is 5. The fraction of sp³-hybridized carbons (Fsp3) is 0.364. The molecule has 0 unspecified atom stereocenters. The maximum absolute atomic E-state index is 13.5. The fourth-order valence-electron chi connectivity index (χ4n) is 1.23. The van der Waals surface area contributed by atoms with Gasteiger partial charge in [0.15, 0.2) is 0 Å². The predicted octanol–water partition coefficient (Wildman–Crippen LogP) is 2.82. The molecule has 0 atom stereocenters. The van der Waals surface area contributed by atoms with E-state index in [-0.39, 0.29) is 35.4 Å². The number of hydrogen-bond acceptors (Lipinski definition) is 3. The number of benzene rings is 1. The molecule has 1 N–H and O–H groups in total. The van der Waals surface area contributed by atoms with Crippen LogP contribution in [0.2, 0.25) is 0 Å². The van der Waals surface area contributed by atoms with Crippen LogP contribution in [0.25, 0.3) is 0 Å². The molecule has 1 rings (SSSR count). The highest BCUT2D eigenvalue weighted by atomic mass is 32.2. The number of hydrogen-bond donors (Lipinski definition) is 1. The second-order valence-electron chi connectivity index (χ2n) is 3.40. The van der Waals surface area contributed by atoms with Crippen LogP contribution in [0.15, 0.2) is 18.2 Å². The summed E-state index contributed by atoms with van der Waals surface area (Å²) in [7, 11) is 1.35. The number of thioether (sulfide) groups is 1. The largest absolute Gasteiger partial charge is 0.497 e. The molecular formula is C11H11F4NO2S. The van der Waals surface area contributed by atoms with Crippen molar-refractivity contribution in [1.82, 2.24) is 5.32 Å². The van der Waals surface area contributed by atoms with E-state index in [0.29, 0.717) is 0 Å². The zero-order chi connectivity index (χ0) is 14.5. The van der Waals surface area contributed by atoms with Gasteiger partial charge in [-0.1, -0.05) is 0 Å². The first kappa shape index (κ1) is 15.6. The van der Waals surface area contributed by atoms with E-state index in [4.69, 9.17) is 4.74 Å². The Labute approximate surface area is 111 Å². The van der Waals surface area contributed by atoms with Gasteiger partial charge in [-0.3, -0.25) is 4.79 Å². The molecule has 0 aliphatic rings. The number of halogens is 4. The lowest BCUT2D eigenvalue weighted by molar-refractivity contribution is -0.0327. The Bertz CT molecular complexity index is 451. The topological polar surface area (TPSA) is 38.3 Å². The number of nitrogens with one attached hydrogen (secondary N) is 1. The minimum absolute atomic E-state index is 0.200. The molecule has 1 aromatic carbocycles. The number of methoxy groups -OCH3 is 1. The van der Waals surface area contributed by atoms with E-state index in [1.54, 1.807) is 0 Å². The second kappa shape index (κ2) is 6.65. The van der Waals surface area contributed by atoms with Crippen molar-refractivity contribution in [3.8, 4) is 5.75 Å². The third-order valence-corrected chi connectivity index (χ3v) is 2.81. The van der Waals surface area contributed by atoms with Gasteiger partial charge < -0.3 is 10.1 Å². The molecule has 3 nitrogen and oxygen atoms in total. The molecule has 0 spiro atoms. The van der Waals surface area contributed by atoms with E-state index in [1.807, 2.05) is 0 Å². The van der Waals surface area contributed by atoms with Gasteiger partial charge in [-0.05, 0) is 23.9 Å². The van der Waals surface area contributed by atoms with Crippen molar-refractivity contribution in [3.05, 3.63) is 29.6 Å². The van der Waals surface area contributed by atoms with Crippen molar-refractivity contribution in [3.63, 3.8) is 0 Å². The van der Waals surface area contributed by atoms with Gasteiger partial charge in [-0.15, -0.1) is 0 Å². The monoisotopic (exact) mass is 297 g/mol. The lowest BCUT2D eigenvalue weighted by Gasteiger charge is -2.08. The number of ether oxygens (including phenoxy) is 1. The van der Waals surface area contributed by atoms with E-state index >= 15 is 0 Å². The van der Waals surface area contributed by atoms with Crippen LogP contribution in [-0.2, 0) is 0 Å². The van der Waals surface area contributed by atoms with Crippen LogP contribution in [-0.4, -0.2) is 30.8 Å². The van der Waals surface area contributed by atoms with E-state index < -0.39 is 17.2 Å². The smallest absolute Gasteiger partial charge is 0.441 e. The van der Waals surface area contributed by atoms with Gasteiger partial charge in [0.1, 0.15) is 11.6 Å². The van der Waals surface area contributed by atoms with Crippen LogP contribution in [0.5, 0.6) is 5.75 Å². The Morgan fingerprint density at radius 3 is 2.63 bits per heavy atom.